The van der Waals surface area contributed by atoms with Crippen LogP contribution in [0.15, 0.2) is 18.2 Å². The average Bonchev–Trinajstić information content (AvgIpc) is 2.76. The minimum atomic E-state index is -4.03. The molecule has 9 nitrogen and oxygen atoms in total. The van der Waals surface area contributed by atoms with Gasteiger partial charge in [0.15, 0.2) is 16.3 Å². The van der Waals surface area contributed by atoms with Crippen LogP contribution in [-0.2, 0) is 19.6 Å². The fraction of sp³-hybridized carbons (Fsp3) is 0.650. The number of hydrogen-bond acceptors (Lipinski definition) is 7. The number of benzene rings is 1. The van der Waals surface area contributed by atoms with Crippen molar-refractivity contribution >= 4 is 21.6 Å². The number of anilines is 1. The summed E-state index contributed by atoms with van der Waals surface area (Å²) in [6.07, 6.45) is 3.04. The van der Waals surface area contributed by atoms with Gasteiger partial charge in [-0.25, -0.2) is 18.3 Å². The molecule has 4 rings (SSSR count). The highest BCUT2D eigenvalue weighted by Gasteiger charge is 2.54. The summed E-state index contributed by atoms with van der Waals surface area (Å²) in [5.41, 5.74) is 2.18. The monoisotopic (exact) mass is 457 g/mol. The Morgan fingerprint density at radius 2 is 1.87 bits per heavy atom. The van der Waals surface area contributed by atoms with E-state index in [-0.39, 0.29) is 51.0 Å². The Hall–Kier alpha value is -1.95. The normalized spacial score (nSPS) is 22.6. The highest BCUT2D eigenvalue weighted by Crippen LogP contribution is 2.34. The van der Waals surface area contributed by atoms with Gasteiger partial charge in [-0.05, 0) is 31.4 Å². The molecule has 3 aliphatic rings. The fourth-order valence-corrected chi connectivity index (χ4v) is 6.39. The molecule has 2 N–H and O–H groups in total. The van der Waals surface area contributed by atoms with Crippen LogP contribution in [0.1, 0.15) is 32.1 Å². The zero-order valence-corrected chi connectivity index (χ0v) is 18.1. The molecule has 1 amide bonds. The largest absolute Gasteiger partial charge is 0.487 e. The van der Waals surface area contributed by atoms with E-state index in [1.165, 1.54) is 15.9 Å². The molecule has 0 radical (unpaired) electrons. The van der Waals surface area contributed by atoms with Crippen molar-refractivity contribution in [3.05, 3.63) is 24.0 Å². The van der Waals surface area contributed by atoms with Crippen molar-refractivity contribution in [3.8, 4) is 5.75 Å². The van der Waals surface area contributed by atoms with E-state index in [0.717, 1.165) is 19.3 Å². The van der Waals surface area contributed by atoms with Crippen molar-refractivity contribution in [1.82, 2.24) is 9.79 Å². The van der Waals surface area contributed by atoms with Gasteiger partial charge in [-0.15, -0.1) is 0 Å². The molecule has 1 aromatic carbocycles. The predicted molar refractivity (Wildman–Crippen MR) is 110 cm³/mol. The van der Waals surface area contributed by atoms with Gasteiger partial charge < -0.3 is 14.4 Å². The smallest absolute Gasteiger partial charge is 0.266 e. The Labute approximate surface area is 181 Å². The van der Waals surface area contributed by atoms with Gasteiger partial charge in [-0.1, -0.05) is 0 Å². The number of ether oxygens (including phenoxy) is 2. The maximum absolute atomic E-state index is 14.5. The molecule has 0 atom stereocenters. The Kier molecular flexibility index (Phi) is 6.38. The zero-order chi connectivity index (χ0) is 22.1. The van der Waals surface area contributed by atoms with E-state index >= 15 is 0 Å². The zero-order valence-electron chi connectivity index (χ0n) is 17.3. The van der Waals surface area contributed by atoms with Gasteiger partial charge >= 0.3 is 0 Å². The third-order valence-corrected chi connectivity index (χ3v) is 9.14. The van der Waals surface area contributed by atoms with Gasteiger partial charge in [0.25, 0.3) is 5.91 Å². The molecular formula is C20H28FN3O6S. The van der Waals surface area contributed by atoms with E-state index < -0.39 is 26.5 Å². The third-order valence-electron chi connectivity index (χ3n) is 6.51. The van der Waals surface area contributed by atoms with Crippen molar-refractivity contribution in [2.75, 3.05) is 44.3 Å². The number of carbonyl (C=O) groups excluding carboxylic acids is 1. The molecule has 11 heteroatoms. The molecule has 2 saturated heterocycles. The first-order valence-electron chi connectivity index (χ1n) is 10.6. The summed E-state index contributed by atoms with van der Waals surface area (Å²) in [6, 6.07) is 4.81. The minimum absolute atomic E-state index is 0.0182. The average molecular weight is 458 g/mol. The van der Waals surface area contributed by atoms with Gasteiger partial charge in [-0.3, -0.25) is 10.0 Å². The highest BCUT2D eigenvalue weighted by molar-refractivity contribution is 7.91. The number of nitrogens with one attached hydrogen (secondary N) is 1. The van der Waals surface area contributed by atoms with Gasteiger partial charge in [0, 0.05) is 64.0 Å². The summed E-state index contributed by atoms with van der Waals surface area (Å²) in [5.74, 6) is -1.12. The number of sulfonamides is 1. The van der Waals surface area contributed by atoms with Crippen molar-refractivity contribution in [2.45, 2.75) is 43.0 Å². The summed E-state index contributed by atoms with van der Waals surface area (Å²) >= 11 is 0. The minimum Gasteiger partial charge on any atom is -0.487 e. The van der Waals surface area contributed by atoms with Crippen molar-refractivity contribution in [1.29, 1.82) is 0 Å². The Morgan fingerprint density at radius 3 is 2.42 bits per heavy atom. The first-order chi connectivity index (χ1) is 14.9. The summed E-state index contributed by atoms with van der Waals surface area (Å²) in [5, 5.41) is 9.15. The van der Waals surface area contributed by atoms with Crippen LogP contribution >= 0.6 is 0 Å². The fourth-order valence-electron chi connectivity index (χ4n) is 4.29. The van der Waals surface area contributed by atoms with E-state index in [9.17, 15) is 17.6 Å². The summed E-state index contributed by atoms with van der Waals surface area (Å²) < 4.78 is 51.6. The molecule has 2 aliphatic heterocycles. The number of piperazine rings is 1. The predicted octanol–water partition coefficient (Wildman–Crippen LogP) is 1.26. The third kappa shape index (κ3) is 4.11. The number of hydroxylamine groups is 1. The molecule has 31 heavy (non-hydrogen) atoms. The Balaban J connectivity index is 1.44. The second-order valence-corrected chi connectivity index (χ2v) is 10.5. The first-order valence-corrected chi connectivity index (χ1v) is 12.0. The SMILES string of the molecule is O=C(NO)C1(S(=O)(=O)N2CCN(c3ccc(OC4CCC4)c(F)c3)CC2)CCOCC1. The quantitative estimate of drug-likeness (QED) is 0.489. The van der Waals surface area contributed by atoms with Crippen molar-refractivity contribution in [3.63, 3.8) is 0 Å². The van der Waals surface area contributed by atoms with Crippen LogP contribution in [-0.4, -0.2) is 74.1 Å². The number of carbonyl (C=O) groups is 1. The number of nitrogens with zero attached hydrogens (tertiary/aromatic N) is 2. The van der Waals surface area contributed by atoms with E-state index in [4.69, 9.17) is 14.7 Å². The molecule has 1 saturated carbocycles. The first kappa shape index (κ1) is 22.3. The second kappa shape index (κ2) is 8.89. The lowest BCUT2D eigenvalue weighted by molar-refractivity contribution is -0.134. The maximum Gasteiger partial charge on any atom is 0.266 e. The molecule has 172 valence electrons. The lowest BCUT2D eigenvalue weighted by atomic mass is 9.96. The van der Waals surface area contributed by atoms with Crippen LogP contribution in [0.2, 0.25) is 0 Å². The molecular weight excluding hydrogens is 429 g/mol. The number of amides is 1. The lowest BCUT2D eigenvalue weighted by Crippen LogP contribution is -2.62. The van der Waals surface area contributed by atoms with Gasteiger partial charge in [0.05, 0.1) is 6.10 Å². The second-order valence-electron chi connectivity index (χ2n) is 8.22. The molecule has 0 unspecified atom stereocenters. The number of hydrogen-bond donors (Lipinski definition) is 2. The topological polar surface area (TPSA) is 108 Å². The molecule has 1 aliphatic carbocycles. The molecule has 0 spiro atoms. The lowest BCUT2D eigenvalue weighted by Gasteiger charge is -2.42. The van der Waals surface area contributed by atoms with Crippen LogP contribution in [0.25, 0.3) is 0 Å². The summed E-state index contributed by atoms with van der Waals surface area (Å²) in [7, 11) is -4.03. The van der Waals surface area contributed by atoms with Crippen LogP contribution in [0, 0.1) is 5.82 Å². The number of rotatable bonds is 6. The van der Waals surface area contributed by atoms with Crippen molar-refractivity contribution < 1.29 is 32.3 Å². The molecule has 3 fully saturated rings. The molecule has 2 heterocycles. The molecule has 0 aromatic heterocycles. The molecule has 0 bridgehead atoms. The Morgan fingerprint density at radius 1 is 1.19 bits per heavy atom. The van der Waals surface area contributed by atoms with E-state index in [1.54, 1.807) is 12.1 Å². The summed E-state index contributed by atoms with van der Waals surface area (Å²) in [4.78, 5) is 14.3. The highest BCUT2D eigenvalue weighted by atomic mass is 32.2. The van der Waals surface area contributed by atoms with Crippen LogP contribution < -0.4 is 15.1 Å². The van der Waals surface area contributed by atoms with E-state index in [1.807, 2.05) is 4.90 Å². The van der Waals surface area contributed by atoms with Gasteiger partial charge in [-0.2, -0.15) is 4.31 Å². The van der Waals surface area contributed by atoms with Crippen LogP contribution in [0.4, 0.5) is 10.1 Å². The van der Waals surface area contributed by atoms with Crippen molar-refractivity contribution in [2.24, 2.45) is 0 Å². The molecule has 1 aromatic rings. The summed E-state index contributed by atoms with van der Waals surface area (Å²) in [6.45, 7) is 1.28. The van der Waals surface area contributed by atoms with Crippen LogP contribution in [0.5, 0.6) is 5.75 Å². The number of halogens is 1. The van der Waals surface area contributed by atoms with Gasteiger partial charge in [0.1, 0.15) is 0 Å². The standard InChI is InChI=1S/C20H28FN3O6S/c21-17-14-15(4-5-18(17)30-16-2-1-3-16)23-8-10-24(11-9-23)31(27,28)20(19(25)22-26)6-12-29-13-7-20/h4-5,14,16,26H,1-3,6-13H2,(H,22,25). The maximum atomic E-state index is 14.5. The Bertz CT molecular complexity index is 909. The van der Waals surface area contributed by atoms with E-state index in [2.05, 4.69) is 0 Å². The van der Waals surface area contributed by atoms with Crippen LogP contribution in [0.3, 0.4) is 0 Å². The van der Waals surface area contributed by atoms with Gasteiger partial charge in [0.2, 0.25) is 10.0 Å². The van der Waals surface area contributed by atoms with E-state index in [0.29, 0.717) is 18.8 Å².